The molecule has 0 atom stereocenters. The number of hydrogen-bond acceptors (Lipinski definition) is 4. The fraction of sp³-hybridized carbons (Fsp3) is 0.435. The lowest BCUT2D eigenvalue weighted by atomic mass is 10.1. The van der Waals surface area contributed by atoms with Gasteiger partial charge in [-0.05, 0) is 42.3 Å². The molecule has 0 bridgehead atoms. The number of likely N-dealkylation sites (N-methyl/N-ethyl adjacent to an activating group) is 1. The van der Waals surface area contributed by atoms with Crippen LogP contribution in [0.15, 0.2) is 42.5 Å². The zero-order chi connectivity index (χ0) is 20.6. The third-order valence-electron chi connectivity index (χ3n) is 5.37. The fourth-order valence-corrected chi connectivity index (χ4v) is 3.44. The molecule has 29 heavy (non-hydrogen) atoms. The Bertz CT molecular complexity index is 802. The highest BCUT2D eigenvalue weighted by atomic mass is 19.1. The monoisotopic (exact) mass is 399 g/mol. The fourth-order valence-electron chi connectivity index (χ4n) is 3.44. The van der Waals surface area contributed by atoms with Gasteiger partial charge >= 0.3 is 0 Å². The molecule has 0 aromatic heterocycles. The number of nitrogens with one attached hydrogen (secondary N) is 1. The number of carbonyl (C=O) groups is 1. The standard InChI is InChI=1S/C23H30FN3O2/c1-26-11-13-27(14-12-26)17-20-5-3-19(4-6-20)16-25-23(28)10-8-18-7-9-22(29-2)21(24)15-18/h3-7,9,15H,8,10-14,16-17H2,1-2H3,(H,25,28). The summed E-state index contributed by atoms with van der Waals surface area (Å²) in [4.78, 5) is 16.9. The van der Waals surface area contributed by atoms with E-state index in [1.165, 1.54) is 18.7 Å². The van der Waals surface area contributed by atoms with Crippen LogP contribution in [0.25, 0.3) is 0 Å². The molecule has 0 aliphatic carbocycles. The van der Waals surface area contributed by atoms with Gasteiger partial charge in [-0.2, -0.15) is 0 Å². The lowest BCUT2D eigenvalue weighted by molar-refractivity contribution is -0.121. The van der Waals surface area contributed by atoms with Crippen LogP contribution in [0.1, 0.15) is 23.1 Å². The molecular weight excluding hydrogens is 369 g/mol. The van der Waals surface area contributed by atoms with Crippen LogP contribution in [-0.2, 0) is 24.3 Å². The van der Waals surface area contributed by atoms with Crippen molar-refractivity contribution in [3.05, 3.63) is 65.0 Å². The summed E-state index contributed by atoms with van der Waals surface area (Å²) in [6.07, 6.45) is 0.823. The average Bonchev–Trinajstić information content (AvgIpc) is 2.73. The molecule has 0 unspecified atom stereocenters. The van der Waals surface area contributed by atoms with Crippen LogP contribution in [-0.4, -0.2) is 56.0 Å². The first-order valence-corrected chi connectivity index (χ1v) is 10.1. The van der Waals surface area contributed by atoms with Crippen LogP contribution in [0, 0.1) is 5.82 Å². The normalized spacial score (nSPS) is 15.3. The molecule has 1 fully saturated rings. The number of nitrogens with zero attached hydrogens (tertiary/aromatic N) is 2. The van der Waals surface area contributed by atoms with Crippen LogP contribution in [0.5, 0.6) is 5.75 Å². The van der Waals surface area contributed by atoms with Crippen molar-refractivity contribution < 1.29 is 13.9 Å². The predicted octanol–water partition coefficient (Wildman–Crippen LogP) is 2.83. The molecule has 3 rings (SSSR count). The van der Waals surface area contributed by atoms with Gasteiger partial charge in [0.25, 0.3) is 0 Å². The molecular formula is C23H30FN3O2. The van der Waals surface area contributed by atoms with Crippen molar-refractivity contribution >= 4 is 5.91 Å². The molecule has 0 saturated carbocycles. The Morgan fingerprint density at radius 2 is 1.69 bits per heavy atom. The Kier molecular flexibility index (Phi) is 7.61. The number of rotatable bonds is 8. The zero-order valence-corrected chi connectivity index (χ0v) is 17.3. The van der Waals surface area contributed by atoms with E-state index in [9.17, 15) is 9.18 Å². The Morgan fingerprint density at radius 3 is 2.34 bits per heavy atom. The molecule has 1 heterocycles. The summed E-state index contributed by atoms with van der Waals surface area (Å²) in [6, 6.07) is 13.2. The van der Waals surface area contributed by atoms with E-state index < -0.39 is 5.82 Å². The molecule has 5 nitrogen and oxygen atoms in total. The molecule has 1 amide bonds. The van der Waals surface area contributed by atoms with Crippen molar-refractivity contribution in [2.24, 2.45) is 0 Å². The van der Waals surface area contributed by atoms with Gasteiger partial charge in [-0.15, -0.1) is 0 Å². The van der Waals surface area contributed by atoms with Gasteiger partial charge in [0.1, 0.15) is 0 Å². The van der Waals surface area contributed by atoms with E-state index in [1.807, 2.05) is 0 Å². The summed E-state index contributed by atoms with van der Waals surface area (Å²) in [5, 5.41) is 2.94. The Morgan fingerprint density at radius 1 is 1.03 bits per heavy atom. The molecule has 0 radical (unpaired) electrons. The number of methoxy groups -OCH3 is 1. The molecule has 1 aliphatic heterocycles. The second-order valence-electron chi connectivity index (χ2n) is 7.64. The summed E-state index contributed by atoms with van der Waals surface area (Å²) in [6.45, 7) is 5.92. The van der Waals surface area contributed by atoms with E-state index in [4.69, 9.17) is 4.74 Å². The number of carbonyl (C=O) groups excluding carboxylic acids is 1. The summed E-state index contributed by atoms with van der Waals surface area (Å²) < 4.78 is 18.6. The van der Waals surface area contributed by atoms with Gasteiger partial charge in [0.2, 0.25) is 5.91 Å². The van der Waals surface area contributed by atoms with Crippen LogP contribution in [0.3, 0.4) is 0 Å². The van der Waals surface area contributed by atoms with E-state index in [-0.39, 0.29) is 11.7 Å². The quantitative estimate of drug-likeness (QED) is 0.742. The lowest BCUT2D eigenvalue weighted by Gasteiger charge is -2.32. The van der Waals surface area contributed by atoms with Crippen molar-refractivity contribution in [1.82, 2.24) is 15.1 Å². The van der Waals surface area contributed by atoms with Crippen molar-refractivity contribution in [1.29, 1.82) is 0 Å². The molecule has 2 aromatic carbocycles. The number of amides is 1. The van der Waals surface area contributed by atoms with Gasteiger partial charge < -0.3 is 15.0 Å². The molecule has 6 heteroatoms. The molecule has 1 saturated heterocycles. The average molecular weight is 400 g/mol. The van der Waals surface area contributed by atoms with Crippen LogP contribution in [0.4, 0.5) is 4.39 Å². The van der Waals surface area contributed by atoms with Gasteiger partial charge in [-0.3, -0.25) is 9.69 Å². The highest BCUT2D eigenvalue weighted by molar-refractivity contribution is 5.76. The van der Waals surface area contributed by atoms with Gasteiger partial charge in [0, 0.05) is 45.7 Å². The number of hydrogen-bond donors (Lipinski definition) is 1. The minimum Gasteiger partial charge on any atom is -0.494 e. The number of piperazine rings is 1. The topological polar surface area (TPSA) is 44.8 Å². The maximum atomic E-state index is 13.7. The van der Waals surface area contributed by atoms with E-state index in [0.717, 1.165) is 43.9 Å². The number of benzene rings is 2. The van der Waals surface area contributed by atoms with E-state index in [1.54, 1.807) is 12.1 Å². The first kappa shape index (κ1) is 21.3. The molecule has 156 valence electrons. The summed E-state index contributed by atoms with van der Waals surface area (Å²) in [5.74, 6) is -0.223. The van der Waals surface area contributed by atoms with Crippen LogP contribution in [0.2, 0.25) is 0 Å². The highest BCUT2D eigenvalue weighted by Gasteiger charge is 2.13. The van der Waals surface area contributed by atoms with Crippen LogP contribution < -0.4 is 10.1 Å². The minimum absolute atomic E-state index is 0.0391. The van der Waals surface area contributed by atoms with E-state index >= 15 is 0 Å². The smallest absolute Gasteiger partial charge is 0.220 e. The van der Waals surface area contributed by atoms with Crippen molar-refractivity contribution in [2.75, 3.05) is 40.3 Å². The summed E-state index contributed by atoms with van der Waals surface area (Å²) in [7, 11) is 3.60. The predicted molar refractivity (Wildman–Crippen MR) is 112 cm³/mol. The molecule has 0 spiro atoms. The first-order chi connectivity index (χ1) is 14.0. The van der Waals surface area contributed by atoms with Gasteiger partial charge in [-0.1, -0.05) is 30.3 Å². The van der Waals surface area contributed by atoms with Crippen molar-refractivity contribution in [2.45, 2.75) is 25.9 Å². The Hall–Kier alpha value is -2.44. The molecule has 1 N–H and O–H groups in total. The molecule has 1 aliphatic rings. The third-order valence-corrected chi connectivity index (χ3v) is 5.37. The van der Waals surface area contributed by atoms with Gasteiger partial charge in [-0.25, -0.2) is 4.39 Å². The second kappa shape index (κ2) is 10.4. The van der Waals surface area contributed by atoms with Crippen LogP contribution >= 0.6 is 0 Å². The third kappa shape index (κ3) is 6.54. The summed E-state index contributed by atoms with van der Waals surface area (Å²) in [5.41, 5.74) is 3.16. The Labute approximate surface area is 172 Å². The minimum atomic E-state index is -0.401. The lowest BCUT2D eigenvalue weighted by Crippen LogP contribution is -2.43. The van der Waals surface area contributed by atoms with E-state index in [0.29, 0.717) is 19.4 Å². The maximum Gasteiger partial charge on any atom is 0.220 e. The van der Waals surface area contributed by atoms with Gasteiger partial charge in [0.05, 0.1) is 7.11 Å². The molecule has 2 aromatic rings. The summed E-state index contributed by atoms with van der Waals surface area (Å²) >= 11 is 0. The largest absolute Gasteiger partial charge is 0.494 e. The number of aryl methyl sites for hydroxylation is 1. The Balaban J connectivity index is 1.40. The SMILES string of the molecule is COc1ccc(CCC(=O)NCc2ccc(CN3CCN(C)CC3)cc2)cc1F. The van der Waals surface area contributed by atoms with Gasteiger partial charge in [0.15, 0.2) is 11.6 Å². The second-order valence-corrected chi connectivity index (χ2v) is 7.64. The number of ether oxygens (including phenoxy) is 1. The highest BCUT2D eigenvalue weighted by Crippen LogP contribution is 2.18. The first-order valence-electron chi connectivity index (χ1n) is 10.1. The maximum absolute atomic E-state index is 13.7. The zero-order valence-electron chi connectivity index (χ0n) is 17.3. The van der Waals surface area contributed by atoms with Crippen molar-refractivity contribution in [3.63, 3.8) is 0 Å². The van der Waals surface area contributed by atoms with Crippen molar-refractivity contribution in [3.8, 4) is 5.75 Å². The van der Waals surface area contributed by atoms with E-state index in [2.05, 4.69) is 46.4 Å². The number of halogens is 1.